The fourth-order valence-electron chi connectivity index (χ4n) is 1.54. The number of halogens is 2. The highest BCUT2D eigenvalue weighted by Crippen LogP contribution is 2.22. The van der Waals surface area contributed by atoms with Crippen LogP contribution >= 0.6 is 0 Å². The number of anilines is 1. The molecule has 2 amide bonds. The third-order valence-electron chi connectivity index (χ3n) is 2.34. The van der Waals surface area contributed by atoms with E-state index in [1.54, 1.807) is 0 Å². The van der Waals surface area contributed by atoms with Crippen LogP contribution < -0.4 is 4.90 Å². The van der Waals surface area contributed by atoms with Crippen LogP contribution in [0.15, 0.2) is 18.2 Å². The van der Waals surface area contributed by atoms with Gasteiger partial charge < -0.3 is 4.90 Å². The van der Waals surface area contributed by atoms with Crippen LogP contribution in [0.5, 0.6) is 0 Å². The van der Waals surface area contributed by atoms with Crippen LogP contribution in [0.25, 0.3) is 0 Å². The van der Waals surface area contributed by atoms with Gasteiger partial charge in [0, 0.05) is 13.1 Å². The maximum atomic E-state index is 13.0. The molecule has 16 heavy (non-hydrogen) atoms. The molecule has 0 aromatic heterocycles. The number of nitrogens with one attached hydrogen (secondary N) is 1. The van der Waals surface area contributed by atoms with Crippen molar-refractivity contribution in [3.8, 4) is 0 Å². The summed E-state index contributed by atoms with van der Waals surface area (Å²) in [5, 5.41) is 7.58. The average Bonchev–Trinajstić information content (AvgIpc) is 2.47. The second-order valence-electron chi connectivity index (χ2n) is 3.52. The molecule has 2 rings (SSSR count). The van der Waals surface area contributed by atoms with Gasteiger partial charge >= 0.3 is 6.03 Å². The zero-order valence-corrected chi connectivity index (χ0v) is 8.50. The molecular formula is C10H9F2N3O. The predicted molar refractivity (Wildman–Crippen MR) is 54.6 cm³/mol. The molecule has 1 fully saturated rings. The molecule has 0 unspecified atom stereocenters. The monoisotopic (exact) mass is 225 g/mol. The first-order chi connectivity index (χ1) is 7.50. The first-order valence-electron chi connectivity index (χ1n) is 4.58. The average molecular weight is 225 g/mol. The lowest BCUT2D eigenvalue weighted by Gasteiger charge is -2.15. The highest BCUT2D eigenvalue weighted by molar-refractivity contribution is 6.20. The van der Waals surface area contributed by atoms with E-state index in [2.05, 4.69) is 0 Å². The highest BCUT2D eigenvalue weighted by Gasteiger charge is 2.32. The number of carbonyl (C=O) groups is 1. The SMILES string of the molecule is CN1CC(=N)N(c2ccc(F)c(F)c2)C1=O. The van der Waals surface area contributed by atoms with E-state index in [1.165, 1.54) is 18.0 Å². The lowest BCUT2D eigenvalue weighted by molar-refractivity contribution is 0.229. The van der Waals surface area contributed by atoms with Gasteiger partial charge in [-0.2, -0.15) is 0 Å². The molecule has 1 aliphatic rings. The first kappa shape index (κ1) is 10.5. The molecule has 84 valence electrons. The third kappa shape index (κ3) is 1.52. The van der Waals surface area contributed by atoms with Crippen molar-refractivity contribution in [3.63, 3.8) is 0 Å². The zero-order chi connectivity index (χ0) is 11.9. The Morgan fingerprint density at radius 2 is 2.00 bits per heavy atom. The molecule has 0 saturated carbocycles. The molecule has 0 radical (unpaired) electrons. The number of hydrogen-bond donors (Lipinski definition) is 1. The Morgan fingerprint density at radius 1 is 1.31 bits per heavy atom. The van der Waals surface area contributed by atoms with Gasteiger partial charge in [-0.3, -0.25) is 5.41 Å². The predicted octanol–water partition coefficient (Wildman–Crippen LogP) is 1.81. The summed E-state index contributed by atoms with van der Waals surface area (Å²) in [5.74, 6) is -1.97. The number of likely N-dealkylation sites (N-methyl/N-ethyl adjacent to an activating group) is 1. The topological polar surface area (TPSA) is 47.4 Å². The van der Waals surface area contributed by atoms with Crippen molar-refractivity contribution in [2.75, 3.05) is 18.5 Å². The van der Waals surface area contributed by atoms with Crippen molar-refractivity contribution < 1.29 is 13.6 Å². The minimum Gasteiger partial charge on any atom is -0.320 e. The Labute approximate surface area is 90.6 Å². The minimum absolute atomic E-state index is 0.0403. The number of amidine groups is 1. The molecule has 1 saturated heterocycles. The molecule has 0 atom stereocenters. The van der Waals surface area contributed by atoms with Gasteiger partial charge in [0.1, 0.15) is 5.84 Å². The number of amides is 2. The van der Waals surface area contributed by atoms with Crippen molar-refractivity contribution in [3.05, 3.63) is 29.8 Å². The van der Waals surface area contributed by atoms with E-state index < -0.39 is 17.7 Å². The van der Waals surface area contributed by atoms with E-state index >= 15 is 0 Å². The summed E-state index contributed by atoms with van der Waals surface area (Å²) >= 11 is 0. The van der Waals surface area contributed by atoms with Crippen LogP contribution in [-0.2, 0) is 0 Å². The maximum absolute atomic E-state index is 13.0. The van der Waals surface area contributed by atoms with Crippen LogP contribution in [0.1, 0.15) is 0 Å². The number of benzene rings is 1. The summed E-state index contributed by atoms with van der Waals surface area (Å²) in [7, 11) is 1.54. The van der Waals surface area contributed by atoms with Crippen LogP contribution in [0.3, 0.4) is 0 Å². The molecule has 1 aromatic carbocycles. The molecule has 4 nitrogen and oxygen atoms in total. The smallest absolute Gasteiger partial charge is 0.320 e. The van der Waals surface area contributed by atoms with Crippen LogP contribution in [-0.4, -0.2) is 30.4 Å². The summed E-state index contributed by atoms with van der Waals surface area (Å²) in [6.45, 7) is 0.165. The van der Waals surface area contributed by atoms with Crippen LogP contribution in [0.4, 0.5) is 19.3 Å². The molecule has 0 aliphatic carbocycles. The van der Waals surface area contributed by atoms with Gasteiger partial charge in [-0.05, 0) is 12.1 Å². The zero-order valence-electron chi connectivity index (χ0n) is 8.50. The van der Waals surface area contributed by atoms with Gasteiger partial charge in [0.15, 0.2) is 11.6 Å². The van der Waals surface area contributed by atoms with Gasteiger partial charge in [0.05, 0.1) is 12.2 Å². The summed E-state index contributed by atoms with van der Waals surface area (Å²) < 4.78 is 25.7. The molecule has 1 aromatic rings. The van der Waals surface area contributed by atoms with Gasteiger partial charge in [0.25, 0.3) is 0 Å². The number of rotatable bonds is 1. The Bertz CT molecular complexity index is 475. The van der Waals surface area contributed by atoms with Crippen molar-refractivity contribution in [2.45, 2.75) is 0 Å². The Balaban J connectivity index is 2.41. The van der Waals surface area contributed by atoms with E-state index in [0.717, 1.165) is 17.0 Å². The van der Waals surface area contributed by atoms with Gasteiger partial charge in [-0.15, -0.1) is 0 Å². The van der Waals surface area contributed by atoms with E-state index in [9.17, 15) is 13.6 Å². The normalized spacial score (nSPS) is 16.2. The number of nitrogens with zero attached hydrogens (tertiary/aromatic N) is 2. The van der Waals surface area contributed by atoms with E-state index in [0.29, 0.717) is 0 Å². The van der Waals surface area contributed by atoms with E-state index in [4.69, 9.17) is 5.41 Å². The third-order valence-corrected chi connectivity index (χ3v) is 2.34. The van der Waals surface area contributed by atoms with Crippen molar-refractivity contribution in [1.29, 1.82) is 5.41 Å². The number of carbonyl (C=O) groups excluding carboxylic acids is 1. The highest BCUT2D eigenvalue weighted by atomic mass is 19.2. The number of hydrogen-bond acceptors (Lipinski definition) is 2. The summed E-state index contributed by atoms with van der Waals surface area (Å²) in [4.78, 5) is 14.0. The Kier molecular flexibility index (Phi) is 2.34. The fourth-order valence-corrected chi connectivity index (χ4v) is 1.54. The summed E-state index contributed by atoms with van der Waals surface area (Å²) in [6, 6.07) is 2.69. The standard InChI is InChI=1S/C10H9F2N3O/c1-14-5-9(13)15(10(14)16)6-2-3-7(11)8(12)4-6/h2-4,13H,5H2,1H3. The van der Waals surface area contributed by atoms with Crippen molar-refractivity contribution in [2.24, 2.45) is 0 Å². The van der Waals surface area contributed by atoms with Gasteiger partial charge in [-0.1, -0.05) is 0 Å². The molecular weight excluding hydrogens is 216 g/mol. The molecule has 6 heteroatoms. The quantitative estimate of drug-likeness (QED) is 0.778. The molecule has 0 spiro atoms. The fraction of sp³-hybridized carbons (Fsp3) is 0.200. The maximum Gasteiger partial charge on any atom is 0.330 e. The molecule has 1 aliphatic heterocycles. The summed E-state index contributed by atoms with van der Waals surface area (Å²) in [6.07, 6.45) is 0. The molecule has 0 bridgehead atoms. The second kappa shape index (κ2) is 3.55. The largest absolute Gasteiger partial charge is 0.330 e. The molecule has 1 N–H and O–H groups in total. The number of urea groups is 1. The van der Waals surface area contributed by atoms with Crippen molar-refractivity contribution >= 4 is 17.6 Å². The Morgan fingerprint density at radius 3 is 2.50 bits per heavy atom. The Hall–Kier alpha value is -1.98. The first-order valence-corrected chi connectivity index (χ1v) is 4.58. The lowest BCUT2D eigenvalue weighted by Crippen LogP contribution is -2.31. The minimum atomic E-state index is -1.03. The van der Waals surface area contributed by atoms with E-state index in [-0.39, 0.29) is 18.1 Å². The van der Waals surface area contributed by atoms with Gasteiger partial charge in [-0.25, -0.2) is 18.5 Å². The summed E-state index contributed by atoms with van der Waals surface area (Å²) in [5.41, 5.74) is 0.165. The van der Waals surface area contributed by atoms with Crippen LogP contribution in [0, 0.1) is 17.0 Å². The lowest BCUT2D eigenvalue weighted by atomic mass is 10.2. The van der Waals surface area contributed by atoms with Crippen LogP contribution in [0.2, 0.25) is 0 Å². The van der Waals surface area contributed by atoms with Crippen molar-refractivity contribution in [1.82, 2.24) is 4.90 Å². The van der Waals surface area contributed by atoms with E-state index in [1.807, 2.05) is 0 Å². The second-order valence-corrected chi connectivity index (χ2v) is 3.52. The molecule has 1 heterocycles. The van der Waals surface area contributed by atoms with Gasteiger partial charge in [0.2, 0.25) is 0 Å².